The van der Waals surface area contributed by atoms with Crippen molar-refractivity contribution in [2.24, 2.45) is 5.92 Å². The third-order valence-electron chi connectivity index (χ3n) is 4.31. The van der Waals surface area contributed by atoms with Gasteiger partial charge in [-0.1, -0.05) is 37.4 Å². The predicted molar refractivity (Wildman–Crippen MR) is 76.1 cm³/mol. The fourth-order valence-electron chi connectivity index (χ4n) is 3.21. The molecule has 20 heavy (non-hydrogen) atoms. The van der Waals surface area contributed by atoms with E-state index in [1.54, 1.807) is 6.07 Å². The minimum absolute atomic E-state index is 0.175. The summed E-state index contributed by atoms with van der Waals surface area (Å²) in [5.41, 5.74) is 0.223. The Bertz CT molecular complexity index is 446. The summed E-state index contributed by atoms with van der Waals surface area (Å²) >= 11 is 5.79. The van der Waals surface area contributed by atoms with Crippen LogP contribution < -0.4 is 0 Å². The third kappa shape index (κ3) is 3.69. The molecule has 0 aliphatic heterocycles. The van der Waals surface area contributed by atoms with Crippen LogP contribution in [0.15, 0.2) is 18.2 Å². The second-order valence-electron chi connectivity index (χ2n) is 5.74. The van der Waals surface area contributed by atoms with E-state index in [4.69, 9.17) is 11.6 Å². The molecule has 0 nitrogen and oxygen atoms in total. The first-order valence-electron chi connectivity index (χ1n) is 7.28. The lowest BCUT2D eigenvalue weighted by molar-refractivity contribution is -0.137. The maximum absolute atomic E-state index is 12.7. The van der Waals surface area contributed by atoms with Crippen molar-refractivity contribution in [1.29, 1.82) is 0 Å². The molecule has 4 heteroatoms. The fourth-order valence-corrected chi connectivity index (χ4v) is 3.50. The highest BCUT2D eigenvalue weighted by atomic mass is 35.5. The summed E-state index contributed by atoms with van der Waals surface area (Å²) in [7, 11) is 0. The van der Waals surface area contributed by atoms with Gasteiger partial charge in [0.1, 0.15) is 0 Å². The summed E-state index contributed by atoms with van der Waals surface area (Å²) in [6.45, 7) is 2.20. The van der Waals surface area contributed by atoms with Gasteiger partial charge in [-0.05, 0) is 55.2 Å². The number of benzene rings is 1. The zero-order chi connectivity index (χ0) is 14.8. The lowest BCUT2D eigenvalue weighted by Crippen LogP contribution is -2.14. The van der Waals surface area contributed by atoms with Crippen molar-refractivity contribution < 1.29 is 13.2 Å². The van der Waals surface area contributed by atoms with Gasteiger partial charge in [-0.2, -0.15) is 13.2 Å². The van der Waals surface area contributed by atoms with Gasteiger partial charge in [0, 0.05) is 0 Å². The summed E-state index contributed by atoms with van der Waals surface area (Å²) in [6, 6.07) is 4.23. The molecule has 1 aliphatic rings. The smallest absolute Gasteiger partial charge is 0.166 e. The van der Waals surface area contributed by atoms with Crippen molar-refractivity contribution in [3.63, 3.8) is 0 Å². The minimum atomic E-state index is -4.37. The lowest BCUT2D eigenvalue weighted by Gasteiger charge is -2.29. The van der Waals surface area contributed by atoms with E-state index < -0.39 is 11.7 Å². The van der Waals surface area contributed by atoms with Gasteiger partial charge < -0.3 is 0 Å². The highest BCUT2D eigenvalue weighted by Gasteiger charge is 2.33. The number of rotatable bonds is 3. The topological polar surface area (TPSA) is 0 Å². The van der Waals surface area contributed by atoms with Crippen LogP contribution >= 0.6 is 11.6 Å². The molecule has 0 amide bonds. The molecule has 1 aromatic rings. The Morgan fingerprint density at radius 1 is 1.15 bits per heavy atom. The number of hydrogen-bond acceptors (Lipinski definition) is 0. The molecule has 2 rings (SSSR count). The van der Waals surface area contributed by atoms with Crippen LogP contribution in [0.1, 0.15) is 62.5 Å². The van der Waals surface area contributed by atoms with E-state index in [2.05, 4.69) is 6.92 Å². The molecule has 0 spiro atoms. The lowest BCUT2D eigenvalue weighted by atomic mass is 9.77. The highest BCUT2D eigenvalue weighted by molar-refractivity contribution is 6.31. The average Bonchev–Trinajstić information content (AvgIpc) is 2.38. The van der Waals surface area contributed by atoms with Crippen molar-refractivity contribution in [1.82, 2.24) is 0 Å². The second kappa shape index (κ2) is 6.38. The average molecular weight is 305 g/mol. The second-order valence-corrected chi connectivity index (χ2v) is 6.15. The van der Waals surface area contributed by atoms with E-state index in [0.29, 0.717) is 5.92 Å². The quantitative estimate of drug-likeness (QED) is 0.603. The van der Waals surface area contributed by atoms with Crippen molar-refractivity contribution in [2.45, 2.75) is 57.5 Å². The van der Waals surface area contributed by atoms with Crippen LogP contribution in [0.2, 0.25) is 5.02 Å². The number of hydrogen-bond donors (Lipinski definition) is 0. The Morgan fingerprint density at radius 2 is 1.80 bits per heavy atom. The largest absolute Gasteiger partial charge is 0.417 e. The molecule has 1 saturated carbocycles. The maximum atomic E-state index is 12.7. The van der Waals surface area contributed by atoms with Gasteiger partial charge in [-0.3, -0.25) is 0 Å². The summed E-state index contributed by atoms with van der Waals surface area (Å²) in [6.07, 6.45) is 2.59. The first kappa shape index (κ1) is 15.7. The van der Waals surface area contributed by atoms with Crippen LogP contribution in [0.4, 0.5) is 13.2 Å². The molecule has 0 atom stereocenters. The first-order chi connectivity index (χ1) is 9.41. The monoisotopic (exact) mass is 304 g/mol. The first-order valence-corrected chi connectivity index (χ1v) is 7.66. The van der Waals surface area contributed by atoms with Crippen LogP contribution in [0.25, 0.3) is 0 Å². The highest BCUT2D eigenvalue weighted by Crippen LogP contribution is 2.40. The van der Waals surface area contributed by atoms with Crippen LogP contribution in [-0.4, -0.2) is 0 Å². The molecule has 0 unspecified atom stereocenters. The zero-order valence-corrected chi connectivity index (χ0v) is 12.4. The third-order valence-corrected chi connectivity index (χ3v) is 4.63. The normalized spacial score (nSPS) is 23.9. The number of halogens is 4. The van der Waals surface area contributed by atoms with E-state index >= 15 is 0 Å². The van der Waals surface area contributed by atoms with Crippen LogP contribution in [0.3, 0.4) is 0 Å². The Labute approximate surface area is 123 Å². The molecule has 112 valence electrons. The summed E-state index contributed by atoms with van der Waals surface area (Å²) in [5.74, 6) is 1.16. The Hall–Kier alpha value is -0.700. The van der Waals surface area contributed by atoms with E-state index in [1.807, 2.05) is 0 Å². The Morgan fingerprint density at radius 3 is 2.30 bits per heavy atom. The van der Waals surface area contributed by atoms with Gasteiger partial charge in [0.2, 0.25) is 0 Å². The standard InChI is InChI=1S/C16H20ClF3/c1-2-3-11-4-6-12(7-5-11)13-8-9-14(15(17)10-13)16(18,19)20/h8-12H,2-7H2,1H3. The molecule has 1 fully saturated rings. The number of alkyl halides is 3. The fraction of sp³-hybridized carbons (Fsp3) is 0.625. The molecule has 0 aromatic heterocycles. The summed E-state index contributed by atoms with van der Waals surface area (Å²) in [4.78, 5) is 0. The molecule has 0 N–H and O–H groups in total. The van der Waals surface area contributed by atoms with Gasteiger partial charge in [0.15, 0.2) is 0 Å². The van der Waals surface area contributed by atoms with Gasteiger partial charge >= 0.3 is 6.18 Å². The van der Waals surface area contributed by atoms with Crippen LogP contribution in [-0.2, 0) is 6.18 Å². The molecule has 0 heterocycles. The molecule has 0 bridgehead atoms. The molecule has 0 saturated heterocycles. The summed E-state index contributed by atoms with van der Waals surface area (Å²) < 4.78 is 38.0. The molecular formula is C16H20ClF3. The van der Waals surface area contributed by atoms with Gasteiger partial charge in [0.05, 0.1) is 10.6 Å². The molecule has 1 aliphatic carbocycles. The van der Waals surface area contributed by atoms with Gasteiger partial charge in [-0.25, -0.2) is 0 Å². The van der Waals surface area contributed by atoms with E-state index in [9.17, 15) is 13.2 Å². The van der Waals surface area contributed by atoms with Crippen molar-refractivity contribution in [2.75, 3.05) is 0 Å². The van der Waals surface area contributed by atoms with Crippen molar-refractivity contribution in [3.05, 3.63) is 34.3 Å². The van der Waals surface area contributed by atoms with E-state index in [-0.39, 0.29) is 5.02 Å². The Balaban J connectivity index is 2.06. The molecule has 1 aromatic carbocycles. The maximum Gasteiger partial charge on any atom is 0.417 e. The van der Waals surface area contributed by atoms with Gasteiger partial charge in [0.25, 0.3) is 0 Å². The predicted octanol–water partition coefficient (Wildman–Crippen LogP) is 6.43. The van der Waals surface area contributed by atoms with Crippen LogP contribution in [0, 0.1) is 5.92 Å². The van der Waals surface area contributed by atoms with E-state index in [1.165, 1.54) is 31.7 Å². The van der Waals surface area contributed by atoms with Crippen molar-refractivity contribution in [3.8, 4) is 0 Å². The van der Waals surface area contributed by atoms with Gasteiger partial charge in [-0.15, -0.1) is 0 Å². The molecule has 0 radical (unpaired) electrons. The summed E-state index contributed by atoms with van der Waals surface area (Å²) in [5, 5.41) is -0.175. The van der Waals surface area contributed by atoms with Crippen molar-refractivity contribution >= 4 is 11.6 Å². The minimum Gasteiger partial charge on any atom is -0.166 e. The molecular weight excluding hydrogens is 285 g/mol. The Kier molecular flexibility index (Phi) is 5.00. The zero-order valence-electron chi connectivity index (χ0n) is 11.6. The van der Waals surface area contributed by atoms with E-state index in [0.717, 1.165) is 30.4 Å². The van der Waals surface area contributed by atoms with Crippen LogP contribution in [0.5, 0.6) is 0 Å². The SMILES string of the molecule is CCCC1CCC(c2ccc(C(F)(F)F)c(Cl)c2)CC1.